The monoisotopic (exact) mass is 486 g/mol. The van der Waals surface area contributed by atoms with Gasteiger partial charge in [-0.2, -0.15) is 0 Å². The minimum Gasteiger partial charge on any atom is -1.00 e. The minimum absolute atomic E-state index is 0. The van der Waals surface area contributed by atoms with Crippen LogP contribution in [0.2, 0.25) is 0 Å². The van der Waals surface area contributed by atoms with E-state index in [1.807, 2.05) is 18.2 Å². The van der Waals surface area contributed by atoms with Crippen LogP contribution in [0.4, 0.5) is 0 Å². The first-order valence-corrected chi connectivity index (χ1v) is 10.7. The van der Waals surface area contributed by atoms with E-state index >= 15 is 0 Å². The van der Waals surface area contributed by atoms with Gasteiger partial charge >= 0.3 is 5.97 Å². The highest BCUT2D eigenvalue weighted by Crippen LogP contribution is 2.14. The Morgan fingerprint density at radius 1 is 0.968 bits per heavy atom. The maximum absolute atomic E-state index is 11.6. The van der Waals surface area contributed by atoms with Crippen LogP contribution < -0.4 is 26.3 Å². The predicted molar refractivity (Wildman–Crippen MR) is 117 cm³/mol. The number of hydrogen-bond acceptors (Lipinski definition) is 3. The lowest BCUT2D eigenvalue weighted by Gasteiger charge is -2.07. The SMILES string of the molecule is CCOC(=O)c1ccc(OCCCCCCn2cc[n+](Cc3ccccc3)c2)cc1.[Br-]. The Balaban J connectivity index is 0.00000341. The highest BCUT2D eigenvalue weighted by Gasteiger charge is 2.06. The van der Waals surface area contributed by atoms with E-state index in [9.17, 15) is 4.79 Å². The predicted octanol–water partition coefficient (Wildman–Crippen LogP) is 1.64. The molecule has 0 aliphatic carbocycles. The number of hydrogen-bond donors (Lipinski definition) is 0. The topological polar surface area (TPSA) is 44.3 Å². The molecule has 1 heterocycles. The number of carbonyl (C=O) groups excluding carboxylic acids is 1. The van der Waals surface area contributed by atoms with Crippen LogP contribution in [0.25, 0.3) is 0 Å². The van der Waals surface area contributed by atoms with Crippen molar-refractivity contribution in [2.45, 2.75) is 45.7 Å². The van der Waals surface area contributed by atoms with E-state index in [-0.39, 0.29) is 23.0 Å². The molecule has 3 rings (SSSR count). The summed E-state index contributed by atoms with van der Waals surface area (Å²) in [6.07, 6.45) is 11.0. The molecule has 0 atom stereocenters. The first-order valence-electron chi connectivity index (χ1n) is 10.7. The molecule has 1 aromatic heterocycles. The van der Waals surface area contributed by atoms with Crippen molar-refractivity contribution < 1.29 is 35.8 Å². The maximum Gasteiger partial charge on any atom is 0.338 e. The summed E-state index contributed by atoms with van der Waals surface area (Å²) in [5, 5.41) is 0. The van der Waals surface area contributed by atoms with Crippen LogP contribution in [-0.4, -0.2) is 23.8 Å². The van der Waals surface area contributed by atoms with Crippen LogP contribution in [-0.2, 0) is 17.8 Å². The molecule has 0 unspecified atom stereocenters. The number of esters is 1. The number of nitrogens with zero attached hydrogens (tertiary/aromatic N) is 2. The number of benzene rings is 2. The quantitative estimate of drug-likeness (QED) is 0.222. The lowest BCUT2D eigenvalue weighted by Crippen LogP contribution is -3.00. The highest BCUT2D eigenvalue weighted by molar-refractivity contribution is 5.89. The van der Waals surface area contributed by atoms with Crippen molar-refractivity contribution in [2.24, 2.45) is 0 Å². The van der Waals surface area contributed by atoms with Gasteiger partial charge in [-0.1, -0.05) is 30.3 Å². The van der Waals surface area contributed by atoms with Gasteiger partial charge < -0.3 is 26.5 Å². The molecule has 0 amide bonds. The molecule has 0 radical (unpaired) electrons. The van der Waals surface area contributed by atoms with Crippen LogP contribution in [0.3, 0.4) is 0 Å². The van der Waals surface area contributed by atoms with Crippen molar-refractivity contribution in [3.63, 3.8) is 0 Å². The second-order valence-electron chi connectivity index (χ2n) is 7.32. The van der Waals surface area contributed by atoms with Gasteiger partial charge in [0.2, 0.25) is 6.33 Å². The van der Waals surface area contributed by atoms with E-state index in [0.717, 1.165) is 38.1 Å². The lowest BCUT2D eigenvalue weighted by molar-refractivity contribution is -0.687. The molecule has 31 heavy (non-hydrogen) atoms. The summed E-state index contributed by atoms with van der Waals surface area (Å²) in [5.74, 6) is 0.496. The third kappa shape index (κ3) is 8.58. The van der Waals surface area contributed by atoms with Crippen LogP contribution >= 0.6 is 0 Å². The maximum atomic E-state index is 11.6. The van der Waals surface area contributed by atoms with Gasteiger partial charge in [-0.25, -0.2) is 13.9 Å². The average Bonchev–Trinajstić information content (AvgIpc) is 3.21. The van der Waals surface area contributed by atoms with Crippen LogP contribution in [0.15, 0.2) is 73.3 Å². The Hall–Kier alpha value is -2.60. The zero-order valence-electron chi connectivity index (χ0n) is 18.1. The number of unbranched alkanes of at least 4 members (excludes halogenated alkanes) is 3. The van der Waals surface area contributed by atoms with Gasteiger partial charge in [0.25, 0.3) is 0 Å². The fourth-order valence-electron chi connectivity index (χ4n) is 3.30. The minimum atomic E-state index is -0.294. The number of aryl methyl sites for hydroxylation is 1. The number of rotatable bonds is 12. The second-order valence-corrected chi connectivity index (χ2v) is 7.32. The number of aromatic nitrogens is 2. The van der Waals surface area contributed by atoms with Crippen molar-refractivity contribution in [3.05, 3.63) is 84.4 Å². The Morgan fingerprint density at radius 2 is 1.71 bits per heavy atom. The molecule has 3 aromatic rings. The van der Waals surface area contributed by atoms with Crippen LogP contribution in [0.5, 0.6) is 5.75 Å². The number of carbonyl (C=O) groups is 1. The van der Waals surface area contributed by atoms with E-state index in [1.165, 1.54) is 12.0 Å². The standard InChI is InChI=1S/C25H31N2O3.BrH/c1-2-29-25(28)23-12-14-24(15-13-23)30-19-9-4-3-8-16-26-17-18-27(21-26)20-22-10-6-5-7-11-22;/h5-7,10-15,17-18,21H,2-4,8-9,16,19-20H2,1H3;1H/q+1;/p-1. The van der Waals surface area contributed by atoms with Crippen molar-refractivity contribution in [1.29, 1.82) is 0 Å². The third-order valence-corrected chi connectivity index (χ3v) is 4.90. The van der Waals surface area contributed by atoms with E-state index in [1.54, 1.807) is 19.1 Å². The summed E-state index contributed by atoms with van der Waals surface area (Å²) in [4.78, 5) is 11.6. The normalized spacial score (nSPS) is 10.4. The van der Waals surface area contributed by atoms with Crippen LogP contribution in [0, 0.1) is 0 Å². The molecule has 0 saturated carbocycles. The molecule has 0 bridgehead atoms. The summed E-state index contributed by atoms with van der Waals surface area (Å²) in [6, 6.07) is 17.6. The summed E-state index contributed by atoms with van der Waals surface area (Å²) in [7, 11) is 0. The zero-order valence-corrected chi connectivity index (χ0v) is 19.7. The van der Waals surface area contributed by atoms with Gasteiger partial charge in [0.15, 0.2) is 0 Å². The molecule has 2 aromatic carbocycles. The number of halogens is 1. The first-order chi connectivity index (χ1) is 14.7. The van der Waals surface area contributed by atoms with E-state index < -0.39 is 0 Å². The Bertz CT molecular complexity index is 895. The zero-order chi connectivity index (χ0) is 21.0. The first kappa shape index (κ1) is 24.7. The molecule has 0 aliphatic rings. The van der Waals surface area contributed by atoms with Crippen LogP contribution in [0.1, 0.15) is 48.5 Å². The van der Waals surface area contributed by atoms with Crippen molar-refractivity contribution in [1.82, 2.24) is 4.57 Å². The Kier molecular flexibility index (Phi) is 10.9. The van der Waals surface area contributed by atoms with Crippen molar-refractivity contribution in [2.75, 3.05) is 13.2 Å². The molecule has 0 fully saturated rings. The van der Waals surface area contributed by atoms with Gasteiger partial charge in [-0.05, 0) is 62.4 Å². The molecule has 166 valence electrons. The van der Waals surface area contributed by atoms with E-state index in [4.69, 9.17) is 9.47 Å². The number of imidazole rings is 1. The summed E-state index contributed by atoms with van der Waals surface area (Å²) >= 11 is 0. The van der Waals surface area contributed by atoms with Gasteiger partial charge in [-0.15, -0.1) is 0 Å². The highest BCUT2D eigenvalue weighted by atomic mass is 79.9. The third-order valence-electron chi connectivity index (χ3n) is 4.90. The van der Waals surface area contributed by atoms with E-state index in [0.29, 0.717) is 18.8 Å². The smallest absolute Gasteiger partial charge is 0.338 e. The molecule has 6 heteroatoms. The van der Waals surface area contributed by atoms with Gasteiger partial charge in [-0.3, -0.25) is 0 Å². The molecule has 5 nitrogen and oxygen atoms in total. The largest absolute Gasteiger partial charge is 1.00 e. The Morgan fingerprint density at radius 3 is 2.45 bits per heavy atom. The fraction of sp³-hybridized carbons (Fsp3) is 0.360. The van der Waals surface area contributed by atoms with Crippen molar-refractivity contribution >= 4 is 5.97 Å². The molecule has 0 N–H and O–H groups in total. The molecular formula is C25H31BrN2O3. The second kappa shape index (κ2) is 13.7. The summed E-state index contributed by atoms with van der Waals surface area (Å²) in [5.41, 5.74) is 1.87. The fourth-order valence-corrected chi connectivity index (χ4v) is 3.30. The summed E-state index contributed by atoms with van der Waals surface area (Å²) in [6.45, 7) is 4.83. The lowest BCUT2D eigenvalue weighted by atomic mass is 10.2. The molecule has 0 aliphatic heterocycles. The van der Waals surface area contributed by atoms with E-state index in [2.05, 4.69) is 52.1 Å². The molecule has 0 saturated heterocycles. The van der Waals surface area contributed by atoms with Gasteiger partial charge in [0.1, 0.15) is 24.7 Å². The average molecular weight is 487 g/mol. The summed E-state index contributed by atoms with van der Waals surface area (Å²) < 4.78 is 15.2. The molecular weight excluding hydrogens is 456 g/mol. The molecule has 0 spiro atoms. The van der Waals surface area contributed by atoms with Crippen molar-refractivity contribution in [3.8, 4) is 5.75 Å². The number of ether oxygens (including phenoxy) is 2. The van der Waals surface area contributed by atoms with Gasteiger partial charge in [0, 0.05) is 0 Å². The van der Waals surface area contributed by atoms with Gasteiger partial charge in [0.05, 0.1) is 25.3 Å². The Labute approximate surface area is 195 Å².